The largest absolute Gasteiger partial charge is 0.326 e. The molecule has 2 rings (SSSR count). The highest BCUT2D eigenvalue weighted by molar-refractivity contribution is 9.10. The molecule has 0 bridgehead atoms. The van der Waals surface area contributed by atoms with Crippen molar-refractivity contribution in [2.75, 3.05) is 25.1 Å². The van der Waals surface area contributed by atoms with E-state index in [2.05, 4.69) is 38.9 Å². The average Bonchev–Trinajstić information content (AvgIpc) is 2.29. The first-order chi connectivity index (χ1) is 8.16. The standard InChI is InChI=1S/C12H18BrN3S/c1-16-2-3-17-8-12(16)11(14)5-9-4-10(13)7-15-6-9/h4,6-7,11-12H,2-3,5,8,14H2,1H3. The Bertz CT molecular complexity index is 375. The lowest BCUT2D eigenvalue weighted by Gasteiger charge is -2.36. The van der Waals surface area contributed by atoms with Gasteiger partial charge in [0.2, 0.25) is 0 Å². The first-order valence-corrected chi connectivity index (χ1v) is 7.74. The van der Waals surface area contributed by atoms with Crippen molar-refractivity contribution in [3.05, 3.63) is 28.5 Å². The Morgan fingerprint density at radius 1 is 1.65 bits per heavy atom. The summed E-state index contributed by atoms with van der Waals surface area (Å²) in [6.45, 7) is 1.14. The lowest BCUT2D eigenvalue weighted by atomic mass is 10.0. The smallest absolute Gasteiger partial charge is 0.0410 e. The van der Waals surface area contributed by atoms with E-state index in [4.69, 9.17) is 5.73 Å². The topological polar surface area (TPSA) is 42.1 Å². The molecule has 5 heteroatoms. The van der Waals surface area contributed by atoms with Crippen molar-refractivity contribution < 1.29 is 0 Å². The van der Waals surface area contributed by atoms with Crippen molar-refractivity contribution in [2.45, 2.75) is 18.5 Å². The number of hydrogen-bond donors (Lipinski definition) is 1. The molecule has 0 aromatic carbocycles. The molecule has 0 radical (unpaired) electrons. The van der Waals surface area contributed by atoms with Crippen LogP contribution in [0.25, 0.3) is 0 Å². The average molecular weight is 316 g/mol. The zero-order valence-electron chi connectivity index (χ0n) is 9.97. The quantitative estimate of drug-likeness (QED) is 0.923. The van der Waals surface area contributed by atoms with Crippen molar-refractivity contribution in [2.24, 2.45) is 5.73 Å². The van der Waals surface area contributed by atoms with Gasteiger partial charge in [-0.3, -0.25) is 4.98 Å². The maximum atomic E-state index is 6.32. The zero-order valence-corrected chi connectivity index (χ0v) is 12.4. The van der Waals surface area contributed by atoms with Gasteiger partial charge in [-0.25, -0.2) is 0 Å². The Morgan fingerprint density at radius 3 is 3.18 bits per heavy atom. The number of thioether (sulfide) groups is 1. The molecular formula is C12H18BrN3S. The minimum atomic E-state index is 0.184. The van der Waals surface area contributed by atoms with E-state index in [1.165, 1.54) is 11.3 Å². The summed E-state index contributed by atoms with van der Waals surface area (Å²) in [5.74, 6) is 2.36. The van der Waals surface area contributed by atoms with Crippen LogP contribution in [0.5, 0.6) is 0 Å². The molecule has 0 spiro atoms. The van der Waals surface area contributed by atoms with Gasteiger partial charge in [-0.15, -0.1) is 0 Å². The van der Waals surface area contributed by atoms with Crippen LogP contribution < -0.4 is 5.73 Å². The number of pyridine rings is 1. The van der Waals surface area contributed by atoms with Crippen LogP contribution in [0.2, 0.25) is 0 Å². The monoisotopic (exact) mass is 315 g/mol. The van der Waals surface area contributed by atoms with E-state index in [1.54, 1.807) is 6.20 Å². The Balaban J connectivity index is 1.98. The van der Waals surface area contributed by atoms with Crippen LogP contribution in [0.3, 0.4) is 0 Å². The van der Waals surface area contributed by atoms with E-state index >= 15 is 0 Å². The fraction of sp³-hybridized carbons (Fsp3) is 0.583. The van der Waals surface area contributed by atoms with Crippen LogP contribution >= 0.6 is 27.7 Å². The number of nitrogens with two attached hydrogens (primary N) is 1. The highest BCUT2D eigenvalue weighted by Gasteiger charge is 2.25. The molecule has 1 aliphatic heterocycles. The second-order valence-corrected chi connectivity index (χ2v) is 6.57. The predicted molar refractivity (Wildman–Crippen MR) is 77.4 cm³/mol. The summed E-state index contributed by atoms with van der Waals surface area (Å²) in [6, 6.07) is 2.76. The summed E-state index contributed by atoms with van der Waals surface area (Å²) in [4.78, 5) is 6.56. The number of hydrogen-bond acceptors (Lipinski definition) is 4. The Morgan fingerprint density at radius 2 is 2.47 bits per heavy atom. The first-order valence-electron chi connectivity index (χ1n) is 5.80. The normalized spacial score (nSPS) is 23.6. The van der Waals surface area contributed by atoms with Crippen molar-refractivity contribution >= 4 is 27.7 Å². The predicted octanol–water partition coefficient (Wildman–Crippen LogP) is 1.76. The van der Waals surface area contributed by atoms with Crippen molar-refractivity contribution in [3.8, 4) is 0 Å². The molecular weight excluding hydrogens is 298 g/mol. The van der Waals surface area contributed by atoms with Crippen molar-refractivity contribution in [3.63, 3.8) is 0 Å². The molecule has 2 heterocycles. The Hall–Kier alpha value is -0.100. The highest BCUT2D eigenvalue weighted by Crippen LogP contribution is 2.19. The van der Waals surface area contributed by atoms with E-state index in [0.29, 0.717) is 6.04 Å². The van der Waals surface area contributed by atoms with Gasteiger partial charge in [-0.1, -0.05) is 0 Å². The van der Waals surface area contributed by atoms with E-state index in [-0.39, 0.29) is 6.04 Å². The molecule has 2 N–H and O–H groups in total. The summed E-state index contributed by atoms with van der Waals surface area (Å²) in [7, 11) is 2.17. The molecule has 2 unspecified atom stereocenters. The molecule has 1 aliphatic rings. The minimum absolute atomic E-state index is 0.184. The molecule has 0 saturated carbocycles. The molecule has 1 saturated heterocycles. The van der Waals surface area contributed by atoms with Gasteiger partial charge in [0, 0.05) is 47.0 Å². The molecule has 2 atom stereocenters. The van der Waals surface area contributed by atoms with Gasteiger partial charge in [0.15, 0.2) is 0 Å². The number of rotatable bonds is 3. The van der Waals surface area contributed by atoms with Gasteiger partial charge >= 0.3 is 0 Å². The summed E-state index contributed by atoms with van der Waals surface area (Å²) in [5.41, 5.74) is 7.53. The lowest BCUT2D eigenvalue weighted by molar-refractivity contribution is 0.235. The molecule has 1 fully saturated rings. The number of aromatic nitrogens is 1. The molecule has 3 nitrogen and oxygen atoms in total. The van der Waals surface area contributed by atoms with Gasteiger partial charge in [-0.2, -0.15) is 11.8 Å². The molecule has 94 valence electrons. The van der Waals surface area contributed by atoms with Gasteiger partial charge in [0.1, 0.15) is 0 Å². The maximum absolute atomic E-state index is 6.32. The second kappa shape index (κ2) is 6.18. The van der Waals surface area contributed by atoms with Crippen LogP contribution in [0.1, 0.15) is 5.56 Å². The van der Waals surface area contributed by atoms with Crippen LogP contribution in [-0.4, -0.2) is 47.1 Å². The highest BCUT2D eigenvalue weighted by atomic mass is 79.9. The first kappa shape index (κ1) is 13.3. The summed E-state index contributed by atoms with van der Waals surface area (Å²) in [5, 5.41) is 0. The number of nitrogens with zero attached hydrogens (tertiary/aromatic N) is 2. The van der Waals surface area contributed by atoms with Crippen LogP contribution in [0.15, 0.2) is 22.9 Å². The third-order valence-electron chi connectivity index (χ3n) is 3.17. The van der Waals surface area contributed by atoms with Gasteiger partial charge in [0.25, 0.3) is 0 Å². The van der Waals surface area contributed by atoms with E-state index in [9.17, 15) is 0 Å². The van der Waals surface area contributed by atoms with E-state index in [1.807, 2.05) is 18.0 Å². The minimum Gasteiger partial charge on any atom is -0.326 e. The SMILES string of the molecule is CN1CCSCC1C(N)Cc1cncc(Br)c1. The maximum Gasteiger partial charge on any atom is 0.0410 e. The van der Waals surface area contributed by atoms with Gasteiger partial charge in [0.05, 0.1) is 0 Å². The van der Waals surface area contributed by atoms with E-state index in [0.717, 1.165) is 23.2 Å². The van der Waals surface area contributed by atoms with Crippen LogP contribution in [-0.2, 0) is 6.42 Å². The summed E-state index contributed by atoms with van der Waals surface area (Å²) in [6.07, 6.45) is 4.60. The van der Waals surface area contributed by atoms with Crippen LogP contribution in [0, 0.1) is 0 Å². The lowest BCUT2D eigenvalue weighted by Crippen LogP contribution is -2.51. The molecule has 0 aliphatic carbocycles. The fourth-order valence-electron chi connectivity index (χ4n) is 2.13. The molecule has 1 aromatic heterocycles. The molecule has 0 amide bonds. The fourth-order valence-corrected chi connectivity index (χ4v) is 3.87. The van der Waals surface area contributed by atoms with Gasteiger partial charge < -0.3 is 10.6 Å². The third-order valence-corrected chi connectivity index (χ3v) is 4.65. The zero-order chi connectivity index (χ0) is 12.3. The number of halogens is 1. The Kier molecular flexibility index (Phi) is 4.85. The van der Waals surface area contributed by atoms with Crippen LogP contribution in [0.4, 0.5) is 0 Å². The second-order valence-electron chi connectivity index (χ2n) is 4.50. The van der Waals surface area contributed by atoms with Crippen molar-refractivity contribution in [1.82, 2.24) is 9.88 Å². The van der Waals surface area contributed by atoms with E-state index < -0.39 is 0 Å². The molecule has 17 heavy (non-hydrogen) atoms. The van der Waals surface area contributed by atoms with Gasteiger partial charge in [-0.05, 0) is 41.0 Å². The summed E-state index contributed by atoms with van der Waals surface area (Å²) < 4.78 is 1.02. The Labute approximate surface area is 115 Å². The van der Waals surface area contributed by atoms with Crippen molar-refractivity contribution in [1.29, 1.82) is 0 Å². The third kappa shape index (κ3) is 3.68. The number of likely N-dealkylation sites (N-methyl/N-ethyl adjacent to an activating group) is 1. The summed E-state index contributed by atoms with van der Waals surface area (Å²) >= 11 is 5.44. The molecule has 1 aromatic rings.